The second kappa shape index (κ2) is 5.80. The number of benzene rings is 1. The molecule has 0 aromatic heterocycles. The van der Waals surface area contributed by atoms with Crippen molar-refractivity contribution in [3.05, 3.63) is 18.2 Å². The topological polar surface area (TPSA) is 44.5 Å². The molecular formula is C14H23NO2. The molecule has 3 heteroatoms. The fourth-order valence-electron chi connectivity index (χ4n) is 1.40. The van der Waals surface area contributed by atoms with Gasteiger partial charge in [-0.1, -0.05) is 20.8 Å². The summed E-state index contributed by atoms with van der Waals surface area (Å²) in [6.45, 7) is 9.86. The van der Waals surface area contributed by atoms with Crippen LogP contribution in [-0.4, -0.2) is 13.2 Å². The van der Waals surface area contributed by atoms with Gasteiger partial charge < -0.3 is 15.2 Å². The SMILES string of the molecule is CCOc1cc(N)cc(OCCC(C)(C)C)c1. The van der Waals surface area contributed by atoms with E-state index in [0.29, 0.717) is 18.9 Å². The third-order valence-electron chi connectivity index (χ3n) is 2.33. The zero-order valence-corrected chi connectivity index (χ0v) is 11.2. The van der Waals surface area contributed by atoms with Gasteiger partial charge in [-0.2, -0.15) is 0 Å². The summed E-state index contributed by atoms with van der Waals surface area (Å²) in [7, 11) is 0. The molecule has 0 fully saturated rings. The van der Waals surface area contributed by atoms with Crippen molar-refractivity contribution in [3.8, 4) is 11.5 Å². The summed E-state index contributed by atoms with van der Waals surface area (Å²) in [5, 5.41) is 0. The molecule has 3 nitrogen and oxygen atoms in total. The molecule has 0 heterocycles. The van der Waals surface area contributed by atoms with Crippen LogP contribution < -0.4 is 15.2 Å². The first kappa shape index (κ1) is 13.7. The largest absolute Gasteiger partial charge is 0.494 e. The van der Waals surface area contributed by atoms with Gasteiger partial charge in [0.2, 0.25) is 0 Å². The summed E-state index contributed by atoms with van der Waals surface area (Å²) in [4.78, 5) is 0. The fraction of sp³-hybridized carbons (Fsp3) is 0.571. The maximum Gasteiger partial charge on any atom is 0.125 e. The van der Waals surface area contributed by atoms with E-state index in [1.165, 1.54) is 0 Å². The highest BCUT2D eigenvalue weighted by molar-refractivity contribution is 5.50. The van der Waals surface area contributed by atoms with Crippen molar-refractivity contribution in [2.75, 3.05) is 18.9 Å². The molecule has 1 aromatic rings. The molecule has 96 valence electrons. The summed E-state index contributed by atoms with van der Waals surface area (Å²) >= 11 is 0. The molecule has 0 bridgehead atoms. The van der Waals surface area contributed by atoms with Crippen molar-refractivity contribution in [2.45, 2.75) is 34.1 Å². The predicted molar refractivity (Wildman–Crippen MR) is 71.6 cm³/mol. The monoisotopic (exact) mass is 237 g/mol. The minimum Gasteiger partial charge on any atom is -0.494 e. The average molecular weight is 237 g/mol. The highest BCUT2D eigenvalue weighted by atomic mass is 16.5. The van der Waals surface area contributed by atoms with Crippen molar-refractivity contribution in [1.29, 1.82) is 0 Å². The Labute approximate surface area is 104 Å². The molecule has 0 aliphatic carbocycles. The highest BCUT2D eigenvalue weighted by Gasteiger charge is 2.10. The molecule has 0 aliphatic heterocycles. The van der Waals surface area contributed by atoms with Crippen LogP contribution in [0.25, 0.3) is 0 Å². The molecule has 0 spiro atoms. The summed E-state index contributed by atoms with van der Waals surface area (Å²) in [6, 6.07) is 5.51. The Morgan fingerprint density at radius 2 is 1.65 bits per heavy atom. The van der Waals surface area contributed by atoms with E-state index in [4.69, 9.17) is 15.2 Å². The van der Waals surface area contributed by atoms with Gasteiger partial charge in [0.1, 0.15) is 11.5 Å². The first-order chi connectivity index (χ1) is 7.90. The number of rotatable bonds is 5. The zero-order chi connectivity index (χ0) is 12.9. The lowest BCUT2D eigenvalue weighted by Crippen LogP contribution is -2.11. The molecule has 2 N–H and O–H groups in total. The molecule has 0 saturated heterocycles. The van der Waals surface area contributed by atoms with Gasteiger partial charge in [0.05, 0.1) is 13.2 Å². The van der Waals surface area contributed by atoms with Gasteiger partial charge in [-0.3, -0.25) is 0 Å². The minimum absolute atomic E-state index is 0.281. The standard InChI is InChI=1S/C14H23NO2/c1-5-16-12-8-11(15)9-13(10-12)17-7-6-14(2,3)4/h8-10H,5-7,15H2,1-4H3. The van der Waals surface area contributed by atoms with Gasteiger partial charge in [0.15, 0.2) is 0 Å². The lowest BCUT2D eigenvalue weighted by atomic mass is 9.93. The molecule has 0 atom stereocenters. The van der Waals surface area contributed by atoms with Crippen LogP contribution in [0.3, 0.4) is 0 Å². The minimum atomic E-state index is 0.281. The van der Waals surface area contributed by atoms with Crippen molar-refractivity contribution in [2.24, 2.45) is 5.41 Å². The van der Waals surface area contributed by atoms with Gasteiger partial charge in [0, 0.05) is 23.9 Å². The Hall–Kier alpha value is -1.38. The Kier molecular flexibility index (Phi) is 4.67. The fourth-order valence-corrected chi connectivity index (χ4v) is 1.40. The second-order valence-corrected chi connectivity index (χ2v) is 5.33. The molecular weight excluding hydrogens is 214 g/mol. The van der Waals surface area contributed by atoms with E-state index in [1.54, 1.807) is 6.07 Å². The van der Waals surface area contributed by atoms with Gasteiger partial charge >= 0.3 is 0 Å². The van der Waals surface area contributed by atoms with Gasteiger partial charge in [-0.25, -0.2) is 0 Å². The molecule has 0 aliphatic rings. The Morgan fingerprint density at radius 3 is 2.18 bits per heavy atom. The summed E-state index contributed by atoms with van der Waals surface area (Å²) in [5.74, 6) is 1.54. The van der Waals surface area contributed by atoms with Gasteiger partial charge in [0.25, 0.3) is 0 Å². The van der Waals surface area contributed by atoms with Crippen LogP contribution in [0.1, 0.15) is 34.1 Å². The van der Waals surface area contributed by atoms with Gasteiger partial charge in [-0.05, 0) is 18.8 Å². The van der Waals surface area contributed by atoms with Crippen LogP contribution in [0.15, 0.2) is 18.2 Å². The number of hydrogen-bond donors (Lipinski definition) is 1. The summed E-state index contributed by atoms with van der Waals surface area (Å²) in [5.41, 5.74) is 6.74. The molecule has 0 amide bonds. The Balaban J connectivity index is 2.58. The van der Waals surface area contributed by atoms with Crippen LogP contribution >= 0.6 is 0 Å². The van der Waals surface area contributed by atoms with Crippen LogP contribution in [0.4, 0.5) is 5.69 Å². The maximum atomic E-state index is 5.79. The normalized spacial score (nSPS) is 11.3. The van der Waals surface area contributed by atoms with Crippen molar-refractivity contribution < 1.29 is 9.47 Å². The molecule has 0 radical (unpaired) electrons. The molecule has 17 heavy (non-hydrogen) atoms. The molecule has 1 aromatic carbocycles. The van der Waals surface area contributed by atoms with Crippen LogP contribution in [-0.2, 0) is 0 Å². The molecule has 0 unspecified atom stereocenters. The van der Waals surface area contributed by atoms with E-state index < -0.39 is 0 Å². The summed E-state index contributed by atoms with van der Waals surface area (Å²) in [6.07, 6.45) is 1.01. The quantitative estimate of drug-likeness (QED) is 0.797. The third kappa shape index (κ3) is 5.48. The third-order valence-corrected chi connectivity index (χ3v) is 2.33. The zero-order valence-electron chi connectivity index (χ0n) is 11.2. The van der Waals surface area contributed by atoms with E-state index in [2.05, 4.69) is 20.8 Å². The number of hydrogen-bond acceptors (Lipinski definition) is 3. The van der Waals surface area contributed by atoms with Crippen LogP contribution in [0.5, 0.6) is 11.5 Å². The summed E-state index contributed by atoms with van der Waals surface area (Å²) < 4.78 is 11.1. The Bertz CT molecular complexity index is 356. The van der Waals surface area contributed by atoms with E-state index in [-0.39, 0.29) is 5.41 Å². The first-order valence-electron chi connectivity index (χ1n) is 6.07. The van der Waals surface area contributed by atoms with Crippen molar-refractivity contribution in [3.63, 3.8) is 0 Å². The number of nitrogens with two attached hydrogens (primary N) is 1. The lowest BCUT2D eigenvalue weighted by molar-refractivity contribution is 0.242. The number of anilines is 1. The second-order valence-electron chi connectivity index (χ2n) is 5.33. The number of ether oxygens (including phenoxy) is 2. The van der Waals surface area contributed by atoms with Crippen molar-refractivity contribution >= 4 is 5.69 Å². The van der Waals surface area contributed by atoms with E-state index in [9.17, 15) is 0 Å². The van der Waals surface area contributed by atoms with Gasteiger partial charge in [-0.15, -0.1) is 0 Å². The molecule has 1 rings (SSSR count). The predicted octanol–water partition coefficient (Wildman–Crippen LogP) is 3.48. The molecule has 0 saturated carbocycles. The first-order valence-corrected chi connectivity index (χ1v) is 6.07. The smallest absolute Gasteiger partial charge is 0.125 e. The number of nitrogen functional groups attached to an aromatic ring is 1. The lowest BCUT2D eigenvalue weighted by Gasteiger charge is -2.18. The average Bonchev–Trinajstić information content (AvgIpc) is 2.15. The van der Waals surface area contributed by atoms with E-state index in [0.717, 1.165) is 17.9 Å². The van der Waals surface area contributed by atoms with E-state index >= 15 is 0 Å². The van der Waals surface area contributed by atoms with Crippen LogP contribution in [0.2, 0.25) is 0 Å². The van der Waals surface area contributed by atoms with Crippen LogP contribution in [0, 0.1) is 5.41 Å². The highest BCUT2D eigenvalue weighted by Crippen LogP contribution is 2.25. The van der Waals surface area contributed by atoms with E-state index in [1.807, 2.05) is 19.1 Å². The maximum absolute atomic E-state index is 5.79. The Morgan fingerprint density at radius 1 is 1.06 bits per heavy atom. The van der Waals surface area contributed by atoms with Crippen molar-refractivity contribution in [1.82, 2.24) is 0 Å².